The van der Waals surface area contributed by atoms with Crippen LogP contribution in [0.1, 0.15) is 18.6 Å². The minimum Gasteiger partial charge on any atom is -1.00 e. The highest BCUT2D eigenvalue weighted by atomic mass is 35.5. The van der Waals surface area contributed by atoms with E-state index in [1.165, 1.54) is 12.8 Å². The van der Waals surface area contributed by atoms with Crippen molar-refractivity contribution in [2.45, 2.75) is 25.4 Å². The predicted molar refractivity (Wildman–Crippen MR) is 75.6 cm³/mol. The molecule has 2 aromatic rings. The fourth-order valence-corrected chi connectivity index (χ4v) is 2.24. The molecule has 3 nitrogen and oxygen atoms in total. The first-order chi connectivity index (χ1) is 9.26. The molecule has 1 aliphatic carbocycles. The topological polar surface area (TPSA) is 34.4 Å². The van der Waals surface area contributed by atoms with Gasteiger partial charge in [0.15, 0.2) is 0 Å². The van der Waals surface area contributed by atoms with E-state index in [1.54, 1.807) is 7.11 Å². The van der Waals surface area contributed by atoms with Crippen molar-refractivity contribution >= 4 is 11.6 Å². The lowest BCUT2D eigenvalue weighted by atomic mass is 10.2. The summed E-state index contributed by atoms with van der Waals surface area (Å²) in [4.78, 5) is 0. The average Bonchev–Trinajstić information content (AvgIpc) is 3.13. The minimum absolute atomic E-state index is 0. The molecule has 0 radical (unpaired) electrons. The molecule has 0 spiro atoms. The number of ether oxygens (including phenoxy) is 1. The predicted octanol–water partition coefficient (Wildman–Crippen LogP) is 0.865. The zero-order chi connectivity index (χ0) is 13.2. The quantitative estimate of drug-likeness (QED) is 0.889. The van der Waals surface area contributed by atoms with Crippen molar-refractivity contribution in [2.24, 2.45) is 0 Å². The molecule has 1 heterocycles. The summed E-state index contributed by atoms with van der Waals surface area (Å²) in [5, 5.41) is 4.02. The molecular formula is C15H16Cl2NO2-. The maximum atomic E-state index is 6.12. The largest absolute Gasteiger partial charge is 1.00 e. The number of hydrogen-bond acceptors (Lipinski definition) is 3. The molecule has 0 aliphatic heterocycles. The Hall–Kier alpha value is -1.16. The molecule has 1 aromatic carbocycles. The molecule has 1 fully saturated rings. The third-order valence-electron chi connectivity index (χ3n) is 3.24. The van der Waals surface area contributed by atoms with Crippen LogP contribution in [0.25, 0.3) is 11.3 Å². The van der Waals surface area contributed by atoms with Gasteiger partial charge in [-0.3, -0.25) is 0 Å². The highest BCUT2D eigenvalue weighted by molar-refractivity contribution is 6.32. The summed E-state index contributed by atoms with van der Waals surface area (Å²) in [6.45, 7) is 0.786. The number of benzene rings is 1. The van der Waals surface area contributed by atoms with Crippen LogP contribution in [0.3, 0.4) is 0 Å². The highest BCUT2D eigenvalue weighted by Crippen LogP contribution is 2.31. The number of halogens is 2. The van der Waals surface area contributed by atoms with Gasteiger partial charge in [0.25, 0.3) is 0 Å². The molecule has 1 N–H and O–H groups in total. The molecule has 5 heteroatoms. The van der Waals surface area contributed by atoms with E-state index in [-0.39, 0.29) is 12.4 Å². The van der Waals surface area contributed by atoms with Gasteiger partial charge in [-0.25, -0.2) is 0 Å². The maximum Gasteiger partial charge on any atom is 0.137 e. The number of furan rings is 1. The standard InChI is InChI=1S/C15H16ClNO2.ClH/c1-18-15-6-2-10(8-13(15)16)14-7-5-12(19-14)9-17-11-3-4-11;/h2,5-8,11,17H,3-4,9H2,1H3;1H/p-1. The summed E-state index contributed by atoms with van der Waals surface area (Å²) >= 11 is 6.12. The van der Waals surface area contributed by atoms with Crippen LogP contribution in [0.15, 0.2) is 34.7 Å². The summed E-state index contributed by atoms with van der Waals surface area (Å²) < 4.78 is 11.0. The van der Waals surface area contributed by atoms with E-state index in [2.05, 4.69) is 5.32 Å². The van der Waals surface area contributed by atoms with Crippen molar-refractivity contribution in [3.05, 3.63) is 41.1 Å². The lowest BCUT2D eigenvalue weighted by Crippen LogP contribution is -3.00. The van der Waals surface area contributed by atoms with Gasteiger partial charge in [0.05, 0.1) is 18.7 Å². The molecule has 20 heavy (non-hydrogen) atoms. The van der Waals surface area contributed by atoms with Crippen LogP contribution in [0, 0.1) is 0 Å². The van der Waals surface area contributed by atoms with E-state index in [4.69, 9.17) is 20.8 Å². The second-order valence-electron chi connectivity index (χ2n) is 4.77. The molecule has 3 rings (SSSR count). The van der Waals surface area contributed by atoms with Crippen molar-refractivity contribution in [1.29, 1.82) is 0 Å². The van der Waals surface area contributed by atoms with Crippen LogP contribution in [0.4, 0.5) is 0 Å². The molecule has 108 valence electrons. The highest BCUT2D eigenvalue weighted by Gasteiger charge is 2.20. The fourth-order valence-electron chi connectivity index (χ4n) is 1.98. The summed E-state index contributed by atoms with van der Waals surface area (Å²) in [6.07, 6.45) is 2.56. The first kappa shape index (κ1) is 15.2. The number of rotatable bonds is 5. The summed E-state index contributed by atoms with van der Waals surface area (Å²) in [6, 6.07) is 10.3. The Morgan fingerprint density at radius 3 is 2.75 bits per heavy atom. The van der Waals surface area contributed by atoms with Crippen molar-refractivity contribution in [1.82, 2.24) is 5.32 Å². The number of hydrogen-bond donors (Lipinski definition) is 1. The maximum absolute atomic E-state index is 6.12. The Bertz CT molecular complexity index is 579. The van der Waals surface area contributed by atoms with Crippen LogP contribution in [0.5, 0.6) is 5.75 Å². The Labute approximate surface area is 129 Å². The smallest absolute Gasteiger partial charge is 0.137 e. The zero-order valence-corrected chi connectivity index (χ0v) is 12.7. The Morgan fingerprint density at radius 1 is 1.30 bits per heavy atom. The van der Waals surface area contributed by atoms with Gasteiger partial charge in [0.2, 0.25) is 0 Å². The first-order valence-corrected chi connectivity index (χ1v) is 6.80. The Morgan fingerprint density at radius 2 is 2.10 bits per heavy atom. The molecule has 0 atom stereocenters. The van der Waals surface area contributed by atoms with Gasteiger partial charge in [-0.2, -0.15) is 0 Å². The molecule has 0 amide bonds. The van der Waals surface area contributed by atoms with Crippen molar-refractivity contribution in [3.8, 4) is 17.1 Å². The Balaban J connectivity index is 0.00000147. The molecule has 0 unspecified atom stereocenters. The molecule has 0 bridgehead atoms. The van der Waals surface area contributed by atoms with Crippen LogP contribution in [-0.2, 0) is 6.54 Å². The second kappa shape index (κ2) is 6.53. The minimum atomic E-state index is 0. The molecule has 1 aliphatic rings. The zero-order valence-electron chi connectivity index (χ0n) is 11.2. The second-order valence-corrected chi connectivity index (χ2v) is 5.18. The number of nitrogens with one attached hydrogen (secondary N) is 1. The van der Waals surface area contributed by atoms with Gasteiger partial charge >= 0.3 is 0 Å². The SMILES string of the molecule is COc1ccc(-c2ccc(CNC3CC3)o2)cc1Cl.[Cl-]. The van der Waals surface area contributed by atoms with E-state index in [1.807, 2.05) is 30.3 Å². The third-order valence-corrected chi connectivity index (χ3v) is 3.54. The average molecular weight is 313 g/mol. The van der Waals surface area contributed by atoms with Crippen LogP contribution in [-0.4, -0.2) is 13.2 Å². The van der Waals surface area contributed by atoms with Gasteiger partial charge in [-0.1, -0.05) is 11.6 Å². The molecular weight excluding hydrogens is 297 g/mol. The van der Waals surface area contributed by atoms with Gasteiger partial charge in [-0.15, -0.1) is 0 Å². The summed E-state index contributed by atoms with van der Waals surface area (Å²) in [7, 11) is 1.61. The Kier molecular flexibility index (Phi) is 4.97. The van der Waals surface area contributed by atoms with E-state index in [9.17, 15) is 0 Å². The molecule has 0 saturated heterocycles. The van der Waals surface area contributed by atoms with Crippen molar-refractivity contribution in [3.63, 3.8) is 0 Å². The van der Waals surface area contributed by atoms with Crippen LogP contribution in [0.2, 0.25) is 5.02 Å². The fraction of sp³-hybridized carbons (Fsp3) is 0.333. The summed E-state index contributed by atoms with van der Waals surface area (Å²) in [5.74, 6) is 2.46. The summed E-state index contributed by atoms with van der Waals surface area (Å²) in [5.41, 5.74) is 0.962. The van der Waals surface area contributed by atoms with E-state index < -0.39 is 0 Å². The van der Waals surface area contributed by atoms with Crippen molar-refractivity contribution in [2.75, 3.05) is 7.11 Å². The van der Waals surface area contributed by atoms with E-state index in [0.717, 1.165) is 23.6 Å². The first-order valence-electron chi connectivity index (χ1n) is 6.42. The monoisotopic (exact) mass is 312 g/mol. The van der Waals surface area contributed by atoms with E-state index >= 15 is 0 Å². The normalized spacial score (nSPS) is 13.9. The van der Waals surface area contributed by atoms with Gasteiger partial charge < -0.3 is 26.9 Å². The van der Waals surface area contributed by atoms with Crippen LogP contribution >= 0.6 is 11.6 Å². The lowest BCUT2D eigenvalue weighted by Gasteiger charge is -2.04. The molecule has 1 saturated carbocycles. The van der Waals surface area contributed by atoms with Crippen LogP contribution < -0.4 is 22.5 Å². The lowest BCUT2D eigenvalue weighted by molar-refractivity contribution is -0.00000463. The molecule has 1 aromatic heterocycles. The van der Waals surface area contributed by atoms with E-state index in [0.29, 0.717) is 16.8 Å². The van der Waals surface area contributed by atoms with Crippen molar-refractivity contribution < 1.29 is 21.6 Å². The number of methoxy groups -OCH3 is 1. The third kappa shape index (κ3) is 3.48. The van der Waals surface area contributed by atoms with Gasteiger partial charge in [0.1, 0.15) is 17.3 Å². The van der Waals surface area contributed by atoms with Gasteiger partial charge in [0, 0.05) is 11.6 Å². The van der Waals surface area contributed by atoms with Gasteiger partial charge in [-0.05, 0) is 43.2 Å².